The average molecular weight is 1030 g/mol. The molecule has 3 fully saturated rings. The highest BCUT2D eigenvalue weighted by Crippen LogP contribution is 2.45. The summed E-state index contributed by atoms with van der Waals surface area (Å²) in [5.41, 5.74) is 0.191. The number of hydrogen-bond donors (Lipinski definition) is 1. The summed E-state index contributed by atoms with van der Waals surface area (Å²) in [7, 11) is 0. The van der Waals surface area contributed by atoms with Crippen molar-refractivity contribution in [2.75, 3.05) is 15.1 Å². The molecule has 6 aliphatic rings. The van der Waals surface area contributed by atoms with Crippen molar-refractivity contribution in [3.8, 4) is 0 Å². The predicted molar refractivity (Wildman–Crippen MR) is 270 cm³/mol. The molecule has 4 unspecified atom stereocenters. The number of ether oxygens (including phenoxy) is 5. The van der Waals surface area contributed by atoms with Crippen LogP contribution in [0.25, 0.3) is 0 Å². The third-order valence-electron chi connectivity index (χ3n) is 12.8. The number of halogens is 3. The summed E-state index contributed by atoms with van der Waals surface area (Å²) in [6.07, 6.45) is 4.80. The van der Waals surface area contributed by atoms with Crippen LogP contribution < -0.4 is 15.1 Å². The molecule has 3 aromatic carbocycles. The van der Waals surface area contributed by atoms with Gasteiger partial charge in [-0.2, -0.15) is 0 Å². The topological polar surface area (TPSA) is 184 Å². The SMILES string of the molecule is CC(C)(C)OC(=O)N1c2ccc(F)cc2C(=O)C2CCCC21.CC(C)(C)OC(=O)N1c2ccc(F)cc2C(=O)[C@@H]2CCC[C@@H]21.CC(C)(C)OC(=O)OC(=O)OC(C)(C)C.O=C1c2cc(F)ccc2NC2CCCC12. The first-order chi connectivity index (χ1) is 34.3. The lowest BCUT2D eigenvalue weighted by Gasteiger charge is -2.38. The summed E-state index contributed by atoms with van der Waals surface area (Å²) < 4.78 is 64.9. The summed E-state index contributed by atoms with van der Waals surface area (Å²) in [5.74, 6) is -1.69. The van der Waals surface area contributed by atoms with E-state index in [9.17, 15) is 46.7 Å². The van der Waals surface area contributed by atoms with Crippen LogP contribution in [0.1, 0.15) is 172 Å². The molecule has 0 bridgehead atoms. The second kappa shape index (κ2) is 22.2. The number of nitrogens with one attached hydrogen (secondary N) is 1. The molecule has 3 saturated carbocycles. The minimum atomic E-state index is -1.06. The molecule has 0 aromatic heterocycles. The lowest BCUT2D eigenvalue weighted by Crippen LogP contribution is -2.50. The molecule has 3 aromatic rings. The maximum Gasteiger partial charge on any atom is 0.519 e. The van der Waals surface area contributed by atoms with Crippen molar-refractivity contribution < 1.29 is 70.4 Å². The van der Waals surface area contributed by atoms with E-state index in [-0.39, 0.29) is 70.2 Å². The fourth-order valence-corrected chi connectivity index (χ4v) is 10.1. The molecule has 18 heteroatoms. The molecule has 0 saturated heterocycles. The summed E-state index contributed by atoms with van der Waals surface area (Å²) in [4.78, 5) is 87.5. The first-order valence-electron chi connectivity index (χ1n) is 25.3. The van der Waals surface area contributed by atoms with Crippen molar-refractivity contribution in [2.45, 2.75) is 181 Å². The Labute approximate surface area is 431 Å². The van der Waals surface area contributed by atoms with Gasteiger partial charge in [-0.1, -0.05) is 19.3 Å². The van der Waals surface area contributed by atoms with E-state index < -0.39 is 58.5 Å². The Kier molecular flexibility index (Phi) is 17.0. The van der Waals surface area contributed by atoms with Crippen LogP contribution in [-0.2, 0) is 23.7 Å². The smallest absolute Gasteiger partial charge is 0.443 e. The summed E-state index contributed by atoms with van der Waals surface area (Å²) in [6, 6.07) is 12.3. The van der Waals surface area contributed by atoms with E-state index in [1.807, 2.05) is 0 Å². The van der Waals surface area contributed by atoms with Gasteiger partial charge < -0.3 is 29.0 Å². The van der Waals surface area contributed by atoms with Gasteiger partial charge in [0.05, 0.1) is 23.5 Å². The van der Waals surface area contributed by atoms with E-state index >= 15 is 0 Å². The Morgan fingerprint density at radius 2 is 0.824 bits per heavy atom. The highest BCUT2D eigenvalue weighted by atomic mass is 19.1. The van der Waals surface area contributed by atoms with E-state index in [1.54, 1.807) is 99.0 Å². The van der Waals surface area contributed by atoms with Gasteiger partial charge >= 0.3 is 24.5 Å². The second-order valence-corrected chi connectivity index (χ2v) is 23.3. The van der Waals surface area contributed by atoms with Gasteiger partial charge in [-0.3, -0.25) is 24.2 Å². The molecule has 15 nitrogen and oxygen atoms in total. The summed E-state index contributed by atoms with van der Waals surface area (Å²) in [6.45, 7) is 20.8. The third kappa shape index (κ3) is 14.2. The average Bonchev–Trinajstić information content (AvgIpc) is 4.05. The number of ketones is 3. The van der Waals surface area contributed by atoms with Crippen LogP contribution in [0.15, 0.2) is 54.6 Å². The maximum atomic E-state index is 13.5. The molecule has 0 spiro atoms. The van der Waals surface area contributed by atoms with Gasteiger partial charge in [-0.15, -0.1) is 0 Å². The fourth-order valence-electron chi connectivity index (χ4n) is 10.1. The number of carbonyl (C=O) groups excluding carboxylic acids is 7. The van der Waals surface area contributed by atoms with Gasteiger partial charge in [0.25, 0.3) is 0 Å². The molecule has 0 radical (unpaired) electrons. The van der Waals surface area contributed by atoms with E-state index in [2.05, 4.69) is 10.1 Å². The Morgan fingerprint density at radius 3 is 1.23 bits per heavy atom. The van der Waals surface area contributed by atoms with Gasteiger partial charge in [0.15, 0.2) is 17.3 Å². The summed E-state index contributed by atoms with van der Waals surface area (Å²) >= 11 is 0. The minimum absolute atomic E-state index is 0.0585. The molecule has 402 valence electrons. The molecule has 2 amide bonds. The van der Waals surface area contributed by atoms with Crippen molar-refractivity contribution in [3.05, 3.63) is 88.7 Å². The van der Waals surface area contributed by atoms with Crippen LogP contribution in [0.5, 0.6) is 0 Å². The van der Waals surface area contributed by atoms with Crippen LogP contribution in [0.3, 0.4) is 0 Å². The monoisotopic (exact) mass is 1030 g/mol. The first kappa shape index (κ1) is 56.8. The molecule has 1 N–H and O–H groups in total. The van der Waals surface area contributed by atoms with Crippen LogP contribution in [0.2, 0.25) is 0 Å². The highest BCUT2D eigenvalue weighted by molar-refractivity contribution is 6.11. The standard InChI is InChI=1S/2C17H20FNO3.C12H12FNO.C10H18O5/c2*1-17(2,3)22-16(21)19-13-6-4-5-11(13)15(20)12-9-10(18)7-8-14(12)19;13-7-4-5-11-9(6-7)12(15)8-2-1-3-10(8)14-11;1-9(2,3)14-7(11)13-8(12)15-10(4,5)6/h2*7-9,11,13H,4-6H2,1-3H3;4-6,8,10,14H,1-3H2;1-6H3/t11-,13+;;;/m1.../s1. The van der Waals surface area contributed by atoms with Crippen LogP contribution >= 0.6 is 0 Å². The zero-order valence-electron chi connectivity index (χ0n) is 44.5. The number of benzene rings is 3. The minimum Gasteiger partial charge on any atom is -0.443 e. The van der Waals surface area contributed by atoms with Crippen molar-refractivity contribution in [2.24, 2.45) is 17.8 Å². The molecule has 3 aliphatic heterocycles. The third-order valence-corrected chi connectivity index (χ3v) is 12.8. The lowest BCUT2D eigenvalue weighted by atomic mass is 9.86. The second-order valence-electron chi connectivity index (χ2n) is 23.3. The molecule has 6 atom stereocenters. The van der Waals surface area contributed by atoms with E-state index in [1.165, 1.54) is 48.5 Å². The van der Waals surface area contributed by atoms with Crippen LogP contribution in [0, 0.1) is 35.2 Å². The molecule has 74 heavy (non-hydrogen) atoms. The van der Waals surface area contributed by atoms with E-state index in [0.29, 0.717) is 16.9 Å². The fraction of sp³-hybridized carbons (Fsp3) is 0.554. The first-order valence-corrected chi connectivity index (χ1v) is 25.3. The Bertz CT molecular complexity index is 2510. The number of fused-ring (bicyclic) bond motifs is 6. The number of Topliss-reactive ketones (excluding diaryl/α,β-unsaturated/α-hetero) is 3. The predicted octanol–water partition coefficient (Wildman–Crippen LogP) is 13.3. The summed E-state index contributed by atoms with van der Waals surface area (Å²) in [5, 5.41) is 3.33. The number of hydrogen-bond acceptors (Lipinski definition) is 13. The largest absolute Gasteiger partial charge is 0.519 e. The van der Waals surface area contributed by atoms with Gasteiger partial charge in [0, 0.05) is 46.2 Å². The quantitative estimate of drug-likeness (QED) is 0.128. The van der Waals surface area contributed by atoms with Crippen molar-refractivity contribution in [1.29, 1.82) is 0 Å². The van der Waals surface area contributed by atoms with Gasteiger partial charge in [-0.25, -0.2) is 32.3 Å². The molecule has 9 rings (SSSR count). The molecule has 3 aliphatic carbocycles. The van der Waals surface area contributed by atoms with Gasteiger partial charge in [-0.05, 0) is 176 Å². The van der Waals surface area contributed by atoms with Crippen LogP contribution in [-0.4, -0.2) is 82.4 Å². The Morgan fingerprint density at radius 1 is 0.473 bits per heavy atom. The number of rotatable bonds is 0. The number of amides is 2. The normalized spacial score (nSPS) is 22.4. The van der Waals surface area contributed by atoms with Crippen molar-refractivity contribution in [3.63, 3.8) is 0 Å². The Hall–Kier alpha value is -6.46. The van der Waals surface area contributed by atoms with Gasteiger partial charge in [0.2, 0.25) is 0 Å². The van der Waals surface area contributed by atoms with Crippen molar-refractivity contribution in [1.82, 2.24) is 0 Å². The lowest BCUT2D eigenvalue weighted by molar-refractivity contribution is -0.0295. The molecular formula is C56H70F3N3O12. The van der Waals surface area contributed by atoms with Crippen molar-refractivity contribution >= 4 is 58.9 Å². The van der Waals surface area contributed by atoms with E-state index in [4.69, 9.17) is 18.9 Å². The number of nitrogens with zero attached hydrogens (tertiary/aromatic N) is 2. The Balaban J connectivity index is 0.000000163. The number of anilines is 3. The zero-order valence-corrected chi connectivity index (χ0v) is 44.5. The number of carbonyl (C=O) groups is 7. The molecule has 3 heterocycles. The van der Waals surface area contributed by atoms with Gasteiger partial charge in [0.1, 0.15) is 39.9 Å². The maximum absolute atomic E-state index is 13.5. The van der Waals surface area contributed by atoms with E-state index in [0.717, 1.165) is 63.5 Å². The zero-order chi connectivity index (χ0) is 54.8. The highest BCUT2D eigenvalue weighted by Gasteiger charge is 2.48. The van der Waals surface area contributed by atoms with Crippen LogP contribution in [0.4, 0.5) is 49.4 Å². The molecular weight excluding hydrogens is 964 g/mol.